The van der Waals surface area contributed by atoms with Gasteiger partial charge in [0.2, 0.25) is 0 Å². The molecule has 1 aliphatic heterocycles. The van der Waals surface area contributed by atoms with Gasteiger partial charge in [-0.3, -0.25) is 9.78 Å². The van der Waals surface area contributed by atoms with Gasteiger partial charge in [-0.1, -0.05) is 10.6 Å². The van der Waals surface area contributed by atoms with Crippen LogP contribution in [0, 0.1) is 6.92 Å². The van der Waals surface area contributed by atoms with E-state index in [1.165, 1.54) is 11.5 Å². The zero-order chi connectivity index (χ0) is 13.2. The number of rotatable bonds is 2. The summed E-state index contributed by atoms with van der Waals surface area (Å²) in [6, 6.07) is 5.91. The molecule has 3 rings (SSSR count). The molecule has 0 aliphatic carbocycles. The molecule has 0 N–H and O–H groups in total. The Hall–Kier alpha value is -1.82. The molecule has 5 nitrogen and oxygen atoms in total. The zero-order valence-electron chi connectivity index (χ0n) is 10.6. The quantitative estimate of drug-likeness (QED) is 0.842. The Labute approximate surface area is 115 Å². The van der Waals surface area contributed by atoms with Crippen LogP contribution < -0.4 is 0 Å². The lowest BCUT2D eigenvalue weighted by molar-refractivity contribution is 0.0737. The monoisotopic (exact) mass is 274 g/mol. The summed E-state index contributed by atoms with van der Waals surface area (Å²) in [6.07, 6.45) is 3.75. The number of carbonyl (C=O) groups excluding carboxylic acids is 1. The summed E-state index contributed by atoms with van der Waals surface area (Å²) in [7, 11) is 0. The van der Waals surface area contributed by atoms with Crippen molar-refractivity contribution in [3.05, 3.63) is 40.7 Å². The molecule has 0 bridgehead atoms. The first-order valence-corrected chi connectivity index (χ1v) is 7.05. The predicted octanol–water partition coefficient (Wildman–Crippen LogP) is 2.22. The first kappa shape index (κ1) is 12.2. The van der Waals surface area contributed by atoms with Crippen molar-refractivity contribution in [2.45, 2.75) is 25.8 Å². The van der Waals surface area contributed by atoms with Crippen LogP contribution >= 0.6 is 11.5 Å². The highest BCUT2D eigenvalue weighted by Gasteiger charge is 2.32. The summed E-state index contributed by atoms with van der Waals surface area (Å²) in [5.74, 6) is 0.0284. The smallest absolute Gasteiger partial charge is 0.268 e. The van der Waals surface area contributed by atoms with Gasteiger partial charge < -0.3 is 4.90 Å². The first-order valence-electron chi connectivity index (χ1n) is 6.28. The summed E-state index contributed by atoms with van der Waals surface area (Å²) in [4.78, 5) is 19.5. The molecule has 1 amide bonds. The summed E-state index contributed by atoms with van der Waals surface area (Å²) in [5, 5.41) is 3.91. The van der Waals surface area contributed by atoms with Crippen LogP contribution in [0.15, 0.2) is 24.4 Å². The lowest BCUT2D eigenvalue weighted by Gasteiger charge is -2.23. The third-order valence-electron chi connectivity index (χ3n) is 3.39. The molecule has 1 aliphatic rings. The number of likely N-dealkylation sites (tertiary alicyclic amines) is 1. The number of hydrogen-bond donors (Lipinski definition) is 0. The minimum absolute atomic E-state index is 0.0284. The van der Waals surface area contributed by atoms with E-state index in [1.807, 2.05) is 30.0 Å². The molecular formula is C13H14N4OS. The van der Waals surface area contributed by atoms with Crippen molar-refractivity contribution in [2.75, 3.05) is 6.54 Å². The lowest BCUT2D eigenvalue weighted by atomic mass is 10.1. The summed E-state index contributed by atoms with van der Waals surface area (Å²) < 4.78 is 3.84. The van der Waals surface area contributed by atoms with Crippen molar-refractivity contribution >= 4 is 17.4 Å². The van der Waals surface area contributed by atoms with Gasteiger partial charge in [0, 0.05) is 12.7 Å². The number of carbonyl (C=O) groups is 1. The van der Waals surface area contributed by atoms with Crippen molar-refractivity contribution in [1.82, 2.24) is 19.5 Å². The number of hydrogen-bond acceptors (Lipinski definition) is 5. The van der Waals surface area contributed by atoms with Gasteiger partial charge in [0.25, 0.3) is 5.91 Å². The van der Waals surface area contributed by atoms with Gasteiger partial charge in [0.1, 0.15) is 4.88 Å². The van der Waals surface area contributed by atoms with Crippen molar-refractivity contribution in [2.24, 2.45) is 0 Å². The number of aryl methyl sites for hydroxylation is 1. The molecule has 6 heteroatoms. The third kappa shape index (κ3) is 2.23. The van der Waals surface area contributed by atoms with Gasteiger partial charge in [-0.05, 0) is 43.4 Å². The SMILES string of the molecule is Cc1nnsc1C(=O)N1CCC[C@H]1c1ccccn1. The standard InChI is InChI=1S/C13H14N4OS/c1-9-12(19-16-15-9)13(18)17-8-4-6-11(17)10-5-2-3-7-14-10/h2-3,5,7,11H,4,6,8H2,1H3/t11-/m0/s1. The van der Waals surface area contributed by atoms with Gasteiger partial charge >= 0.3 is 0 Å². The first-order chi connectivity index (χ1) is 9.27. The van der Waals surface area contributed by atoms with Crippen LogP contribution in [0.25, 0.3) is 0 Å². The maximum atomic E-state index is 12.5. The van der Waals surface area contributed by atoms with Gasteiger partial charge in [0.05, 0.1) is 17.4 Å². The second-order valence-corrected chi connectivity index (χ2v) is 5.35. The van der Waals surface area contributed by atoms with Crippen LogP contribution in [0.2, 0.25) is 0 Å². The number of amides is 1. The van der Waals surface area contributed by atoms with E-state index in [2.05, 4.69) is 14.6 Å². The van der Waals surface area contributed by atoms with Crippen molar-refractivity contribution < 1.29 is 4.79 Å². The molecular weight excluding hydrogens is 260 g/mol. The van der Waals surface area contributed by atoms with Gasteiger partial charge in [-0.25, -0.2) is 0 Å². The summed E-state index contributed by atoms with van der Waals surface area (Å²) in [5.41, 5.74) is 1.67. The Balaban J connectivity index is 1.88. The van der Waals surface area contributed by atoms with Crippen molar-refractivity contribution in [3.63, 3.8) is 0 Å². The Kier molecular flexibility index (Phi) is 3.25. The van der Waals surface area contributed by atoms with Gasteiger partial charge in [0.15, 0.2) is 0 Å². The molecule has 2 aromatic rings. The summed E-state index contributed by atoms with van der Waals surface area (Å²) in [6.45, 7) is 2.60. The topological polar surface area (TPSA) is 59.0 Å². The van der Waals surface area contributed by atoms with E-state index in [-0.39, 0.29) is 11.9 Å². The Bertz CT molecular complexity index is 583. The highest BCUT2D eigenvalue weighted by atomic mass is 32.1. The van der Waals surface area contributed by atoms with E-state index in [9.17, 15) is 4.79 Å². The normalized spacial score (nSPS) is 18.8. The van der Waals surface area contributed by atoms with Crippen LogP contribution in [0.3, 0.4) is 0 Å². The van der Waals surface area contributed by atoms with Gasteiger partial charge in [-0.2, -0.15) is 0 Å². The van der Waals surface area contributed by atoms with Crippen molar-refractivity contribution in [1.29, 1.82) is 0 Å². The second-order valence-electron chi connectivity index (χ2n) is 4.60. The summed E-state index contributed by atoms with van der Waals surface area (Å²) >= 11 is 1.17. The van der Waals surface area contributed by atoms with Crippen molar-refractivity contribution in [3.8, 4) is 0 Å². The largest absolute Gasteiger partial charge is 0.329 e. The van der Waals surface area contributed by atoms with E-state index in [0.29, 0.717) is 10.6 Å². The van der Waals surface area contributed by atoms with Crippen LogP contribution in [-0.2, 0) is 0 Å². The highest BCUT2D eigenvalue weighted by molar-refractivity contribution is 7.07. The number of aromatic nitrogens is 3. The Morgan fingerprint density at radius 2 is 2.37 bits per heavy atom. The molecule has 3 heterocycles. The molecule has 0 saturated carbocycles. The predicted molar refractivity (Wildman–Crippen MR) is 71.9 cm³/mol. The second kappa shape index (κ2) is 5.05. The molecule has 1 fully saturated rings. The molecule has 19 heavy (non-hydrogen) atoms. The van der Waals surface area contributed by atoms with E-state index >= 15 is 0 Å². The van der Waals surface area contributed by atoms with E-state index in [1.54, 1.807) is 6.20 Å². The lowest BCUT2D eigenvalue weighted by Crippen LogP contribution is -2.30. The molecule has 0 radical (unpaired) electrons. The molecule has 0 spiro atoms. The molecule has 98 valence electrons. The van der Waals surface area contributed by atoms with E-state index < -0.39 is 0 Å². The van der Waals surface area contributed by atoms with Crippen LogP contribution in [0.5, 0.6) is 0 Å². The third-order valence-corrected chi connectivity index (χ3v) is 4.20. The highest BCUT2D eigenvalue weighted by Crippen LogP contribution is 2.32. The molecule has 1 atom stereocenters. The Morgan fingerprint density at radius 1 is 1.47 bits per heavy atom. The van der Waals surface area contributed by atoms with Crippen LogP contribution in [0.4, 0.5) is 0 Å². The van der Waals surface area contributed by atoms with Gasteiger partial charge in [-0.15, -0.1) is 5.10 Å². The fraction of sp³-hybridized carbons (Fsp3) is 0.385. The minimum atomic E-state index is 0.0284. The molecule has 1 saturated heterocycles. The fourth-order valence-electron chi connectivity index (χ4n) is 2.45. The van der Waals surface area contributed by atoms with E-state index in [0.717, 1.165) is 25.1 Å². The maximum Gasteiger partial charge on any atom is 0.268 e. The van der Waals surface area contributed by atoms with Crippen LogP contribution in [-0.4, -0.2) is 31.9 Å². The molecule has 2 aromatic heterocycles. The molecule has 0 unspecified atom stereocenters. The Morgan fingerprint density at radius 3 is 3.05 bits per heavy atom. The minimum Gasteiger partial charge on any atom is -0.329 e. The number of pyridine rings is 1. The fourth-order valence-corrected chi connectivity index (χ4v) is 3.06. The average Bonchev–Trinajstić information content (AvgIpc) is 3.07. The maximum absolute atomic E-state index is 12.5. The van der Waals surface area contributed by atoms with Crippen LogP contribution in [0.1, 0.15) is 39.9 Å². The van der Waals surface area contributed by atoms with E-state index in [4.69, 9.17) is 0 Å². The zero-order valence-corrected chi connectivity index (χ0v) is 11.4. The molecule has 0 aromatic carbocycles. The number of nitrogens with zero attached hydrogens (tertiary/aromatic N) is 4. The average molecular weight is 274 g/mol.